The number of allylic oxidation sites excluding steroid dienone is 1. The highest BCUT2D eigenvalue weighted by Crippen LogP contribution is 2.34. The molecule has 1 aliphatic rings. The van der Waals surface area contributed by atoms with Crippen LogP contribution in [0.2, 0.25) is 0 Å². The number of hydrogen-bond donors (Lipinski definition) is 1. The van der Waals surface area contributed by atoms with Crippen LogP contribution in [0.3, 0.4) is 0 Å². The lowest BCUT2D eigenvalue weighted by Crippen LogP contribution is -2.24. The predicted octanol–water partition coefficient (Wildman–Crippen LogP) is 4.02. The van der Waals surface area contributed by atoms with Crippen LogP contribution in [0.1, 0.15) is 29.0 Å². The van der Waals surface area contributed by atoms with E-state index in [4.69, 9.17) is 4.98 Å². The molecule has 1 aliphatic carbocycles. The van der Waals surface area contributed by atoms with Gasteiger partial charge < -0.3 is 5.32 Å². The van der Waals surface area contributed by atoms with E-state index in [1.807, 2.05) is 12.3 Å². The van der Waals surface area contributed by atoms with E-state index in [0.29, 0.717) is 16.8 Å². The average Bonchev–Trinajstić information content (AvgIpc) is 3.25. The number of fused-ring (bicyclic) bond motifs is 3. The minimum Gasteiger partial charge on any atom is -0.301 e. The zero-order valence-electron chi connectivity index (χ0n) is 15.5. The molecule has 0 atom stereocenters. The fourth-order valence-electron chi connectivity index (χ4n) is 3.32. The minimum absolute atomic E-state index is 0.0252. The van der Waals surface area contributed by atoms with Gasteiger partial charge in [-0.25, -0.2) is 9.97 Å². The first-order valence-electron chi connectivity index (χ1n) is 9.07. The second kappa shape index (κ2) is 8.18. The maximum atomic E-state index is 13.2. The van der Waals surface area contributed by atoms with Crippen molar-refractivity contribution in [1.29, 1.82) is 0 Å². The van der Waals surface area contributed by atoms with Gasteiger partial charge >= 0.3 is 0 Å². The Morgan fingerprint density at radius 2 is 2.21 bits per heavy atom. The lowest BCUT2D eigenvalue weighted by Gasteiger charge is -2.12. The largest absolute Gasteiger partial charge is 0.301 e. The van der Waals surface area contributed by atoms with E-state index in [9.17, 15) is 9.59 Å². The molecule has 1 amide bonds. The zero-order chi connectivity index (χ0) is 19.7. The standard InChI is InChI=1S/C19H20N4O2S3/c1-3-8-23-17(25)15-12-6-4-5-7-13(12)28-16(15)22-19(23)27-10-14(24)21-18-20-11(2)9-26-18/h3,9H,1,4-8,10H2,2H3,(H,20,21,24). The number of thiazole rings is 1. The molecule has 0 spiro atoms. The summed E-state index contributed by atoms with van der Waals surface area (Å²) in [5.74, 6) is 0.00282. The Hall–Kier alpha value is -1.97. The first-order valence-corrected chi connectivity index (χ1v) is 11.8. The van der Waals surface area contributed by atoms with E-state index in [2.05, 4.69) is 16.9 Å². The summed E-state index contributed by atoms with van der Waals surface area (Å²) in [5, 5.41) is 6.58. The molecule has 0 fully saturated rings. The summed E-state index contributed by atoms with van der Waals surface area (Å²) in [6.07, 6.45) is 5.94. The number of hydrogen-bond acceptors (Lipinski definition) is 7. The fourth-order valence-corrected chi connectivity index (χ4v) is 6.13. The Balaban J connectivity index is 1.62. The van der Waals surface area contributed by atoms with E-state index in [-0.39, 0.29) is 17.2 Å². The van der Waals surface area contributed by atoms with Gasteiger partial charge in [-0.3, -0.25) is 14.2 Å². The van der Waals surface area contributed by atoms with Crippen molar-refractivity contribution in [3.05, 3.63) is 44.5 Å². The molecule has 0 saturated heterocycles. The topological polar surface area (TPSA) is 76.9 Å². The van der Waals surface area contributed by atoms with Gasteiger partial charge in [-0.2, -0.15) is 0 Å². The van der Waals surface area contributed by atoms with E-state index in [1.165, 1.54) is 40.0 Å². The van der Waals surface area contributed by atoms with Gasteiger partial charge in [0, 0.05) is 16.8 Å². The number of nitrogens with one attached hydrogen (secondary N) is 1. The maximum Gasteiger partial charge on any atom is 0.263 e. The van der Waals surface area contributed by atoms with E-state index in [1.54, 1.807) is 22.0 Å². The van der Waals surface area contributed by atoms with Crippen LogP contribution < -0.4 is 10.9 Å². The smallest absolute Gasteiger partial charge is 0.263 e. The fraction of sp³-hybridized carbons (Fsp3) is 0.368. The first kappa shape index (κ1) is 19.4. The highest BCUT2D eigenvalue weighted by molar-refractivity contribution is 7.99. The van der Waals surface area contributed by atoms with Crippen molar-refractivity contribution >= 4 is 55.7 Å². The minimum atomic E-state index is -0.163. The van der Waals surface area contributed by atoms with Crippen molar-refractivity contribution in [3.8, 4) is 0 Å². The number of carbonyl (C=O) groups is 1. The molecule has 4 rings (SSSR count). The molecule has 3 aromatic heterocycles. The zero-order valence-corrected chi connectivity index (χ0v) is 17.9. The Labute approximate surface area is 174 Å². The number of aromatic nitrogens is 3. The van der Waals surface area contributed by atoms with Crippen LogP contribution in [0.5, 0.6) is 0 Å². The molecule has 0 bridgehead atoms. The summed E-state index contributed by atoms with van der Waals surface area (Å²) in [4.78, 5) is 36.5. The third-order valence-electron chi connectivity index (χ3n) is 4.55. The summed E-state index contributed by atoms with van der Waals surface area (Å²) in [6, 6.07) is 0. The average molecular weight is 433 g/mol. The van der Waals surface area contributed by atoms with Crippen molar-refractivity contribution in [2.75, 3.05) is 11.1 Å². The highest BCUT2D eigenvalue weighted by atomic mass is 32.2. The van der Waals surface area contributed by atoms with E-state index < -0.39 is 0 Å². The van der Waals surface area contributed by atoms with Gasteiger partial charge in [0.05, 0.1) is 16.8 Å². The number of anilines is 1. The molecule has 146 valence electrons. The summed E-state index contributed by atoms with van der Waals surface area (Å²) in [5.41, 5.74) is 2.03. The van der Waals surface area contributed by atoms with Gasteiger partial charge in [0.2, 0.25) is 5.91 Å². The summed E-state index contributed by atoms with van der Waals surface area (Å²) in [7, 11) is 0. The Bertz CT molecular complexity index is 1110. The molecule has 0 unspecified atom stereocenters. The number of carbonyl (C=O) groups excluding carboxylic acids is 1. The van der Waals surface area contributed by atoms with Crippen LogP contribution in [0.25, 0.3) is 10.2 Å². The van der Waals surface area contributed by atoms with Crippen LogP contribution in [-0.4, -0.2) is 26.2 Å². The van der Waals surface area contributed by atoms with Crippen LogP contribution in [0, 0.1) is 6.92 Å². The Kier molecular flexibility index (Phi) is 5.65. The molecule has 3 aromatic rings. The third kappa shape index (κ3) is 3.78. The molecule has 0 aliphatic heterocycles. The monoisotopic (exact) mass is 432 g/mol. The van der Waals surface area contributed by atoms with Gasteiger partial charge in [-0.05, 0) is 38.2 Å². The molecule has 0 radical (unpaired) electrons. The number of rotatable bonds is 6. The number of aryl methyl sites for hydroxylation is 3. The number of nitrogens with zero attached hydrogens (tertiary/aromatic N) is 3. The molecule has 9 heteroatoms. The number of amides is 1. The first-order chi connectivity index (χ1) is 13.6. The molecule has 3 heterocycles. The lowest BCUT2D eigenvalue weighted by atomic mass is 9.97. The van der Waals surface area contributed by atoms with Crippen molar-refractivity contribution < 1.29 is 4.79 Å². The van der Waals surface area contributed by atoms with Crippen molar-refractivity contribution in [3.63, 3.8) is 0 Å². The SMILES string of the molecule is C=CCn1c(SCC(=O)Nc2nc(C)cs2)nc2sc3c(c2c1=O)CCCC3. The van der Waals surface area contributed by atoms with Crippen LogP contribution in [-0.2, 0) is 24.2 Å². The van der Waals surface area contributed by atoms with Crippen LogP contribution in [0.4, 0.5) is 5.13 Å². The van der Waals surface area contributed by atoms with Crippen LogP contribution in [0.15, 0.2) is 28.0 Å². The predicted molar refractivity (Wildman–Crippen MR) is 117 cm³/mol. The van der Waals surface area contributed by atoms with Gasteiger partial charge in [-0.15, -0.1) is 29.3 Å². The molecule has 0 aromatic carbocycles. The molecular weight excluding hydrogens is 412 g/mol. The summed E-state index contributed by atoms with van der Waals surface area (Å²) < 4.78 is 1.63. The third-order valence-corrected chi connectivity index (χ3v) is 7.59. The number of thioether (sulfide) groups is 1. The molecule has 0 saturated carbocycles. The van der Waals surface area contributed by atoms with Crippen molar-refractivity contribution in [2.24, 2.45) is 0 Å². The van der Waals surface area contributed by atoms with Crippen LogP contribution >= 0.6 is 34.4 Å². The Morgan fingerprint density at radius 3 is 2.96 bits per heavy atom. The van der Waals surface area contributed by atoms with Gasteiger partial charge in [0.25, 0.3) is 5.56 Å². The summed E-state index contributed by atoms with van der Waals surface area (Å²) in [6.45, 7) is 6.03. The molecular formula is C19H20N4O2S3. The highest BCUT2D eigenvalue weighted by Gasteiger charge is 2.22. The quantitative estimate of drug-likeness (QED) is 0.362. The van der Waals surface area contributed by atoms with E-state index in [0.717, 1.165) is 35.2 Å². The number of thiophene rings is 1. The lowest BCUT2D eigenvalue weighted by molar-refractivity contribution is -0.113. The van der Waals surface area contributed by atoms with Gasteiger partial charge in [0.1, 0.15) is 4.83 Å². The Morgan fingerprint density at radius 1 is 1.39 bits per heavy atom. The molecule has 28 heavy (non-hydrogen) atoms. The molecule has 1 N–H and O–H groups in total. The van der Waals surface area contributed by atoms with E-state index >= 15 is 0 Å². The molecule has 6 nitrogen and oxygen atoms in total. The maximum absolute atomic E-state index is 13.2. The summed E-state index contributed by atoms with van der Waals surface area (Å²) >= 11 is 4.29. The van der Waals surface area contributed by atoms with Crippen molar-refractivity contribution in [2.45, 2.75) is 44.3 Å². The normalized spacial score (nSPS) is 13.5. The second-order valence-corrected chi connectivity index (χ2v) is 9.50. The van der Waals surface area contributed by atoms with Gasteiger partial charge in [0.15, 0.2) is 10.3 Å². The van der Waals surface area contributed by atoms with Crippen molar-refractivity contribution in [1.82, 2.24) is 14.5 Å². The van der Waals surface area contributed by atoms with Gasteiger partial charge in [-0.1, -0.05) is 17.8 Å². The second-order valence-electron chi connectivity index (χ2n) is 6.62.